The molecular formula is C15H11NO4S. The molecule has 2 aromatic heterocycles. The van der Waals surface area contributed by atoms with Crippen molar-refractivity contribution in [3.63, 3.8) is 0 Å². The number of nitrogens with zero attached hydrogens (tertiary/aromatic N) is 1. The number of methoxy groups -OCH3 is 1. The third-order valence-electron chi connectivity index (χ3n) is 2.92. The van der Waals surface area contributed by atoms with Gasteiger partial charge in [-0.15, -0.1) is 11.3 Å². The highest BCUT2D eigenvalue weighted by Crippen LogP contribution is 2.27. The van der Waals surface area contributed by atoms with Crippen molar-refractivity contribution >= 4 is 40.6 Å². The average Bonchev–Trinajstić information content (AvgIpc) is 3.09. The number of aromatic carboxylic acids is 1. The molecule has 6 heteroatoms. The monoisotopic (exact) mass is 301 g/mol. The first-order valence-electron chi connectivity index (χ1n) is 6.11. The summed E-state index contributed by atoms with van der Waals surface area (Å²) >= 11 is 1.53. The summed E-state index contributed by atoms with van der Waals surface area (Å²) in [5.41, 5.74) is 0.931. The smallest absolute Gasteiger partial charge is 0.338 e. The van der Waals surface area contributed by atoms with Gasteiger partial charge >= 0.3 is 5.97 Å². The molecule has 0 atom stereocenters. The van der Waals surface area contributed by atoms with Gasteiger partial charge in [0.1, 0.15) is 11.3 Å². The topological polar surface area (TPSA) is 72.6 Å². The van der Waals surface area contributed by atoms with Crippen molar-refractivity contribution in [3.05, 3.63) is 46.0 Å². The molecule has 3 aromatic rings. The highest BCUT2D eigenvalue weighted by Gasteiger charge is 2.13. The van der Waals surface area contributed by atoms with Crippen molar-refractivity contribution in [2.75, 3.05) is 7.11 Å². The zero-order chi connectivity index (χ0) is 14.8. The molecule has 0 fully saturated rings. The number of hydrogen-bond donors (Lipinski definition) is 1. The molecule has 3 rings (SSSR count). The summed E-state index contributed by atoms with van der Waals surface area (Å²) in [6, 6.07) is 6.70. The number of carboxylic acids is 1. The highest BCUT2D eigenvalue weighted by molar-refractivity contribution is 7.11. The molecule has 0 aliphatic rings. The predicted octanol–water partition coefficient (Wildman–Crippen LogP) is 3.77. The average molecular weight is 301 g/mol. The van der Waals surface area contributed by atoms with Crippen molar-refractivity contribution in [1.29, 1.82) is 0 Å². The number of carboxylic acid groups (broad SMARTS) is 1. The van der Waals surface area contributed by atoms with Gasteiger partial charge in [-0.1, -0.05) is 6.07 Å². The Kier molecular flexibility index (Phi) is 3.45. The summed E-state index contributed by atoms with van der Waals surface area (Å²) in [6.45, 7) is 0. The van der Waals surface area contributed by atoms with Crippen LogP contribution < -0.4 is 4.74 Å². The van der Waals surface area contributed by atoms with E-state index >= 15 is 0 Å². The van der Waals surface area contributed by atoms with E-state index in [1.54, 1.807) is 25.3 Å². The Balaban J connectivity index is 1.98. The van der Waals surface area contributed by atoms with Crippen LogP contribution in [0.25, 0.3) is 23.3 Å². The summed E-state index contributed by atoms with van der Waals surface area (Å²) in [5.74, 6) is 0.108. The van der Waals surface area contributed by atoms with Gasteiger partial charge in [-0.05, 0) is 29.7 Å². The van der Waals surface area contributed by atoms with Crippen LogP contribution in [-0.2, 0) is 0 Å². The van der Waals surface area contributed by atoms with Crippen LogP contribution in [0.1, 0.15) is 21.1 Å². The normalized spacial score (nSPS) is 11.3. The molecule has 0 bridgehead atoms. The van der Waals surface area contributed by atoms with Gasteiger partial charge in [-0.25, -0.2) is 9.78 Å². The molecule has 0 spiro atoms. The number of carbonyl (C=O) groups is 1. The van der Waals surface area contributed by atoms with Crippen LogP contribution in [0.15, 0.2) is 34.1 Å². The van der Waals surface area contributed by atoms with Gasteiger partial charge in [0.2, 0.25) is 5.89 Å². The van der Waals surface area contributed by atoms with E-state index in [1.165, 1.54) is 17.4 Å². The lowest BCUT2D eigenvalue weighted by Crippen LogP contribution is -1.96. The Morgan fingerprint density at radius 2 is 2.24 bits per heavy atom. The molecular weight excluding hydrogens is 290 g/mol. The van der Waals surface area contributed by atoms with Crippen LogP contribution in [0.2, 0.25) is 0 Å². The second-order valence-electron chi connectivity index (χ2n) is 4.20. The van der Waals surface area contributed by atoms with Crippen molar-refractivity contribution in [1.82, 2.24) is 4.98 Å². The van der Waals surface area contributed by atoms with Crippen LogP contribution in [0.3, 0.4) is 0 Å². The minimum atomic E-state index is -1.02. The minimum Gasteiger partial charge on any atom is -0.495 e. The van der Waals surface area contributed by atoms with Gasteiger partial charge in [0.05, 0.1) is 17.6 Å². The number of benzene rings is 1. The lowest BCUT2D eigenvalue weighted by atomic mass is 10.2. The third kappa shape index (κ3) is 2.53. The fourth-order valence-corrected chi connectivity index (χ4v) is 2.71. The Morgan fingerprint density at radius 1 is 1.38 bits per heavy atom. The molecule has 1 aromatic carbocycles. The van der Waals surface area contributed by atoms with Crippen LogP contribution in [0.4, 0.5) is 0 Å². The molecule has 21 heavy (non-hydrogen) atoms. The van der Waals surface area contributed by atoms with Crippen LogP contribution in [-0.4, -0.2) is 23.2 Å². The number of oxazole rings is 1. The molecule has 0 saturated heterocycles. The molecule has 0 aliphatic carbocycles. The van der Waals surface area contributed by atoms with Crippen molar-refractivity contribution < 1.29 is 19.1 Å². The van der Waals surface area contributed by atoms with E-state index in [0.29, 0.717) is 17.0 Å². The van der Waals surface area contributed by atoms with Gasteiger partial charge in [-0.2, -0.15) is 0 Å². The molecule has 0 saturated carbocycles. The second kappa shape index (κ2) is 5.41. The molecule has 0 amide bonds. The minimum absolute atomic E-state index is 0.129. The largest absolute Gasteiger partial charge is 0.495 e. The molecule has 106 valence electrons. The zero-order valence-corrected chi connectivity index (χ0v) is 11.9. The molecule has 0 unspecified atom stereocenters. The summed E-state index contributed by atoms with van der Waals surface area (Å²) in [7, 11) is 1.61. The summed E-state index contributed by atoms with van der Waals surface area (Å²) < 4.78 is 10.7. The maximum atomic E-state index is 11.1. The van der Waals surface area contributed by atoms with Crippen molar-refractivity contribution in [3.8, 4) is 5.75 Å². The first kappa shape index (κ1) is 13.4. The van der Waals surface area contributed by atoms with E-state index in [0.717, 1.165) is 10.6 Å². The number of ether oxygens (including phenoxy) is 1. The quantitative estimate of drug-likeness (QED) is 0.794. The second-order valence-corrected chi connectivity index (χ2v) is 5.14. The van der Waals surface area contributed by atoms with Gasteiger partial charge in [0, 0.05) is 6.08 Å². The lowest BCUT2D eigenvalue weighted by molar-refractivity contribution is 0.0699. The molecule has 2 heterocycles. The van der Waals surface area contributed by atoms with Gasteiger partial charge in [-0.3, -0.25) is 0 Å². The number of para-hydroxylation sites is 1. The third-order valence-corrected chi connectivity index (χ3v) is 3.78. The fourth-order valence-electron chi connectivity index (χ4n) is 1.96. The highest BCUT2D eigenvalue weighted by atomic mass is 32.1. The van der Waals surface area contributed by atoms with Crippen LogP contribution >= 0.6 is 11.3 Å². The Labute approximate surface area is 124 Å². The lowest BCUT2D eigenvalue weighted by Gasteiger charge is -1.95. The SMILES string of the molecule is COc1ccsc1C=Cc1nc2c(C(=O)O)cccc2o1. The van der Waals surface area contributed by atoms with Crippen LogP contribution in [0, 0.1) is 0 Å². The van der Waals surface area contributed by atoms with Crippen molar-refractivity contribution in [2.45, 2.75) is 0 Å². The van der Waals surface area contributed by atoms with Gasteiger partial charge in [0.25, 0.3) is 0 Å². The Bertz CT molecular complexity index is 831. The van der Waals surface area contributed by atoms with E-state index in [-0.39, 0.29) is 5.56 Å². The number of aromatic nitrogens is 1. The fraction of sp³-hybridized carbons (Fsp3) is 0.0667. The van der Waals surface area contributed by atoms with Crippen molar-refractivity contribution in [2.24, 2.45) is 0 Å². The number of thiophene rings is 1. The van der Waals surface area contributed by atoms with E-state index < -0.39 is 5.97 Å². The number of hydrogen-bond acceptors (Lipinski definition) is 5. The van der Waals surface area contributed by atoms with Crippen LogP contribution in [0.5, 0.6) is 5.75 Å². The zero-order valence-electron chi connectivity index (χ0n) is 11.1. The van der Waals surface area contributed by atoms with Gasteiger partial charge < -0.3 is 14.3 Å². The first-order chi connectivity index (χ1) is 10.2. The Hall–Kier alpha value is -2.60. The molecule has 0 radical (unpaired) electrons. The maximum absolute atomic E-state index is 11.1. The molecule has 5 nitrogen and oxygen atoms in total. The molecule has 1 N–H and O–H groups in total. The summed E-state index contributed by atoms with van der Waals surface area (Å²) in [6.07, 6.45) is 3.52. The standard InChI is InChI=1S/C15H11NO4S/c1-19-10-7-8-21-12(10)5-6-13-16-14-9(15(17)18)3-2-4-11(14)20-13/h2-8H,1H3,(H,17,18). The van der Waals surface area contributed by atoms with E-state index in [2.05, 4.69) is 4.98 Å². The predicted molar refractivity (Wildman–Crippen MR) is 80.8 cm³/mol. The summed E-state index contributed by atoms with van der Waals surface area (Å²) in [5, 5.41) is 11.0. The Morgan fingerprint density at radius 3 is 3.00 bits per heavy atom. The first-order valence-corrected chi connectivity index (χ1v) is 6.99. The van der Waals surface area contributed by atoms with Gasteiger partial charge in [0.15, 0.2) is 5.58 Å². The molecule has 0 aliphatic heterocycles. The van der Waals surface area contributed by atoms with E-state index in [1.807, 2.05) is 17.5 Å². The number of fused-ring (bicyclic) bond motifs is 1. The number of rotatable bonds is 4. The summed E-state index contributed by atoms with van der Waals surface area (Å²) in [4.78, 5) is 16.3. The van der Waals surface area contributed by atoms with E-state index in [9.17, 15) is 4.79 Å². The van der Waals surface area contributed by atoms with E-state index in [4.69, 9.17) is 14.3 Å². The maximum Gasteiger partial charge on any atom is 0.338 e.